The third-order valence-corrected chi connectivity index (χ3v) is 4.30. The summed E-state index contributed by atoms with van der Waals surface area (Å²) >= 11 is 7.52. The number of hydrogen-bond donors (Lipinski definition) is 1. The molecule has 0 aliphatic carbocycles. The van der Waals surface area contributed by atoms with E-state index in [2.05, 4.69) is 15.6 Å². The molecule has 0 radical (unpaired) electrons. The smallest absolute Gasteiger partial charge is 0.0958 e. The highest BCUT2D eigenvalue weighted by molar-refractivity contribution is 7.16. The second-order valence-corrected chi connectivity index (χ2v) is 6.36. The highest BCUT2D eigenvalue weighted by Crippen LogP contribution is 2.22. The first kappa shape index (κ1) is 12.7. The van der Waals surface area contributed by atoms with Crippen LogP contribution in [0.3, 0.4) is 0 Å². The molecule has 0 aliphatic heterocycles. The van der Waals surface area contributed by atoms with Crippen molar-refractivity contribution in [3.63, 3.8) is 0 Å². The van der Waals surface area contributed by atoms with Gasteiger partial charge in [0.1, 0.15) is 0 Å². The van der Waals surface area contributed by atoms with Gasteiger partial charge < -0.3 is 10.3 Å². The molecular formula is C14H14ClN3S. The van der Waals surface area contributed by atoms with Gasteiger partial charge >= 0.3 is 0 Å². The van der Waals surface area contributed by atoms with Gasteiger partial charge in [0, 0.05) is 17.5 Å². The second-order valence-electron chi connectivity index (χ2n) is 4.56. The molecule has 3 nitrogen and oxygen atoms in total. The van der Waals surface area contributed by atoms with Crippen molar-refractivity contribution in [1.29, 1.82) is 0 Å². The first-order valence-corrected chi connectivity index (χ1v) is 7.31. The Balaban J connectivity index is 1.74. The number of imidazole rings is 1. The topological polar surface area (TPSA) is 43.8 Å². The maximum atomic E-state index is 6.21. The first-order valence-electron chi connectivity index (χ1n) is 6.12. The zero-order valence-electron chi connectivity index (χ0n) is 10.3. The predicted molar refractivity (Wildman–Crippen MR) is 80.7 cm³/mol. The van der Waals surface area contributed by atoms with E-state index in [1.165, 1.54) is 4.88 Å². The van der Waals surface area contributed by atoms with Crippen LogP contribution in [0.1, 0.15) is 4.88 Å². The van der Waals surface area contributed by atoms with E-state index >= 15 is 0 Å². The third-order valence-electron chi connectivity index (χ3n) is 3.05. The van der Waals surface area contributed by atoms with Gasteiger partial charge in [-0.05, 0) is 30.7 Å². The summed E-state index contributed by atoms with van der Waals surface area (Å²) in [6.07, 6.45) is 2.69. The van der Waals surface area contributed by atoms with Crippen LogP contribution in [0.5, 0.6) is 0 Å². The number of nitrogens with two attached hydrogens (primary N) is 1. The number of thiophene rings is 1. The molecule has 2 heterocycles. The van der Waals surface area contributed by atoms with E-state index in [9.17, 15) is 0 Å². The van der Waals surface area contributed by atoms with Gasteiger partial charge in [-0.1, -0.05) is 23.7 Å². The average Bonchev–Trinajstić information content (AvgIpc) is 2.97. The number of benzene rings is 1. The first-order chi connectivity index (χ1) is 9.22. The molecule has 0 aliphatic rings. The molecule has 1 atom stereocenters. The molecule has 1 unspecified atom stereocenters. The number of halogens is 1. The Morgan fingerprint density at radius 1 is 1.26 bits per heavy atom. The lowest BCUT2D eigenvalue weighted by Crippen LogP contribution is -2.27. The summed E-state index contributed by atoms with van der Waals surface area (Å²) in [5.74, 6) is 0. The van der Waals surface area contributed by atoms with Crippen LogP contribution in [-0.4, -0.2) is 15.6 Å². The molecule has 0 amide bonds. The lowest BCUT2D eigenvalue weighted by atomic mass is 10.2. The van der Waals surface area contributed by atoms with Gasteiger partial charge in [-0.3, -0.25) is 0 Å². The molecule has 98 valence electrons. The standard InChI is InChI=1S/C14H14ClN3S/c15-14-6-5-11(19-14)7-10(16)8-18-9-17-12-3-1-2-4-13(12)18/h1-6,9-10H,7-8,16H2. The van der Waals surface area contributed by atoms with Gasteiger partial charge in [0.2, 0.25) is 0 Å². The van der Waals surface area contributed by atoms with Crippen molar-refractivity contribution in [3.05, 3.63) is 51.9 Å². The number of hydrogen-bond acceptors (Lipinski definition) is 3. The number of rotatable bonds is 4. The summed E-state index contributed by atoms with van der Waals surface area (Å²) in [5, 5.41) is 0. The minimum Gasteiger partial charge on any atom is -0.329 e. The molecule has 0 saturated heterocycles. The van der Waals surface area contributed by atoms with Crippen LogP contribution < -0.4 is 5.73 Å². The Hall–Kier alpha value is -1.36. The maximum Gasteiger partial charge on any atom is 0.0958 e. The van der Waals surface area contributed by atoms with Crippen molar-refractivity contribution in [2.24, 2.45) is 5.73 Å². The van der Waals surface area contributed by atoms with Gasteiger partial charge in [-0.2, -0.15) is 0 Å². The quantitative estimate of drug-likeness (QED) is 0.801. The highest BCUT2D eigenvalue weighted by atomic mass is 35.5. The van der Waals surface area contributed by atoms with Gasteiger partial charge in [0.05, 0.1) is 21.7 Å². The molecule has 3 rings (SSSR count). The fraction of sp³-hybridized carbons (Fsp3) is 0.214. The van der Waals surface area contributed by atoms with E-state index < -0.39 is 0 Å². The number of fused-ring (bicyclic) bond motifs is 1. The molecule has 0 spiro atoms. The van der Waals surface area contributed by atoms with E-state index in [1.54, 1.807) is 11.3 Å². The van der Waals surface area contributed by atoms with Crippen molar-refractivity contribution < 1.29 is 0 Å². The van der Waals surface area contributed by atoms with E-state index in [0.717, 1.165) is 28.3 Å². The van der Waals surface area contributed by atoms with E-state index in [4.69, 9.17) is 17.3 Å². The van der Waals surface area contributed by atoms with Crippen LogP contribution in [0.25, 0.3) is 11.0 Å². The predicted octanol–water partition coefficient (Wildman–Crippen LogP) is 3.32. The summed E-state index contributed by atoms with van der Waals surface area (Å²) in [4.78, 5) is 5.60. The van der Waals surface area contributed by atoms with Crippen molar-refractivity contribution >= 4 is 34.0 Å². The lowest BCUT2D eigenvalue weighted by molar-refractivity contribution is 0.562. The Morgan fingerprint density at radius 2 is 2.11 bits per heavy atom. The fourth-order valence-corrected chi connectivity index (χ4v) is 3.37. The van der Waals surface area contributed by atoms with Crippen molar-refractivity contribution in [2.45, 2.75) is 19.0 Å². The molecular weight excluding hydrogens is 278 g/mol. The van der Waals surface area contributed by atoms with Crippen molar-refractivity contribution in [3.8, 4) is 0 Å². The molecule has 19 heavy (non-hydrogen) atoms. The van der Waals surface area contributed by atoms with Crippen LogP contribution in [0.15, 0.2) is 42.7 Å². The number of para-hydroxylation sites is 2. The molecule has 2 aromatic heterocycles. The Morgan fingerprint density at radius 3 is 2.89 bits per heavy atom. The summed E-state index contributed by atoms with van der Waals surface area (Å²) < 4.78 is 2.92. The summed E-state index contributed by atoms with van der Waals surface area (Å²) in [5.41, 5.74) is 8.35. The summed E-state index contributed by atoms with van der Waals surface area (Å²) in [6, 6.07) is 12.1. The lowest BCUT2D eigenvalue weighted by Gasteiger charge is -2.12. The Labute approximate surface area is 120 Å². The number of aromatic nitrogens is 2. The van der Waals surface area contributed by atoms with Gasteiger partial charge in [0.25, 0.3) is 0 Å². The van der Waals surface area contributed by atoms with Gasteiger partial charge in [-0.15, -0.1) is 11.3 Å². The molecule has 5 heteroatoms. The molecule has 3 aromatic rings. The SMILES string of the molecule is NC(Cc1ccc(Cl)s1)Cn1cnc2ccccc21. The highest BCUT2D eigenvalue weighted by Gasteiger charge is 2.09. The number of nitrogens with zero attached hydrogens (tertiary/aromatic N) is 2. The molecule has 1 aromatic carbocycles. The minimum absolute atomic E-state index is 0.0623. The van der Waals surface area contributed by atoms with E-state index in [-0.39, 0.29) is 6.04 Å². The Kier molecular flexibility index (Phi) is 3.55. The van der Waals surface area contributed by atoms with E-state index in [1.807, 2.05) is 36.7 Å². The van der Waals surface area contributed by atoms with Gasteiger partial charge in [0.15, 0.2) is 0 Å². The van der Waals surface area contributed by atoms with Crippen molar-refractivity contribution in [2.75, 3.05) is 0 Å². The summed E-state index contributed by atoms with van der Waals surface area (Å²) in [6.45, 7) is 0.760. The molecule has 0 bridgehead atoms. The molecule has 0 fully saturated rings. The second kappa shape index (κ2) is 5.33. The van der Waals surface area contributed by atoms with Crippen LogP contribution in [0.4, 0.5) is 0 Å². The van der Waals surface area contributed by atoms with Gasteiger partial charge in [-0.25, -0.2) is 4.98 Å². The average molecular weight is 292 g/mol. The normalized spacial score (nSPS) is 12.9. The largest absolute Gasteiger partial charge is 0.329 e. The monoisotopic (exact) mass is 291 g/mol. The minimum atomic E-state index is 0.0623. The van der Waals surface area contributed by atoms with Crippen LogP contribution in [-0.2, 0) is 13.0 Å². The van der Waals surface area contributed by atoms with Crippen LogP contribution in [0, 0.1) is 0 Å². The molecule has 0 saturated carbocycles. The van der Waals surface area contributed by atoms with Crippen molar-refractivity contribution in [1.82, 2.24) is 9.55 Å². The zero-order chi connectivity index (χ0) is 13.2. The Bertz CT molecular complexity index is 689. The zero-order valence-corrected chi connectivity index (χ0v) is 11.9. The van der Waals surface area contributed by atoms with Crippen LogP contribution >= 0.6 is 22.9 Å². The third kappa shape index (κ3) is 2.81. The van der Waals surface area contributed by atoms with E-state index in [0.29, 0.717) is 0 Å². The summed E-state index contributed by atoms with van der Waals surface area (Å²) in [7, 11) is 0. The fourth-order valence-electron chi connectivity index (χ4n) is 2.19. The molecule has 2 N–H and O–H groups in total. The van der Waals surface area contributed by atoms with Crippen LogP contribution in [0.2, 0.25) is 4.34 Å². The maximum absolute atomic E-state index is 6.21.